The number of hydrogen-bond donors (Lipinski definition) is 1. The Morgan fingerprint density at radius 3 is 2.52 bits per heavy atom. The SMILES string of the molecule is CNC(c1ccc2c(c1)CCCC2)c1cc(F)ccc1C. The van der Waals surface area contributed by atoms with E-state index in [0.717, 1.165) is 11.1 Å². The molecule has 1 aliphatic carbocycles. The Morgan fingerprint density at radius 2 is 1.76 bits per heavy atom. The van der Waals surface area contributed by atoms with Gasteiger partial charge < -0.3 is 5.32 Å². The molecule has 1 aliphatic rings. The molecular weight excluding hydrogens is 261 g/mol. The first kappa shape index (κ1) is 14.3. The molecule has 0 fully saturated rings. The van der Waals surface area contributed by atoms with Crippen LogP contribution in [0.5, 0.6) is 0 Å². The Labute approximate surface area is 126 Å². The second-order valence-electron chi connectivity index (χ2n) is 5.96. The molecule has 0 spiro atoms. The van der Waals surface area contributed by atoms with Gasteiger partial charge in [0.05, 0.1) is 6.04 Å². The lowest BCUT2D eigenvalue weighted by molar-refractivity contribution is 0.614. The van der Waals surface area contributed by atoms with Crippen molar-refractivity contribution < 1.29 is 4.39 Å². The number of benzene rings is 2. The summed E-state index contributed by atoms with van der Waals surface area (Å²) in [5.41, 5.74) is 6.32. The zero-order chi connectivity index (χ0) is 14.8. The highest BCUT2D eigenvalue weighted by Gasteiger charge is 2.17. The lowest BCUT2D eigenvalue weighted by atomic mass is 9.87. The van der Waals surface area contributed by atoms with Gasteiger partial charge in [0, 0.05) is 0 Å². The van der Waals surface area contributed by atoms with Crippen LogP contribution in [0.1, 0.15) is 46.7 Å². The summed E-state index contributed by atoms with van der Waals surface area (Å²) in [7, 11) is 1.94. The molecule has 0 bridgehead atoms. The van der Waals surface area contributed by atoms with Crippen molar-refractivity contribution in [2.75, 3.05) is 7.05 Å². The van der Waals surface area contributed by atoms with Crippen LogP contribution in [-0.2, 0) is 12.8 Å². The average molecular weight is 283 g/mol. The Hall–Kier alpha value is -1.67. The van der Waals surface area contributed by atoms with Crippen molar-refractivity contribution in [3.8, 4) is 0 Å². The van der Waals surface area contributed by atoms with E-state index in [2.05, 4.69) is 23.5 Å². The van der Waals surface area contributed by atoms with Crippen molar-refractivity contribution >= 4 is 0 Å². The van der Waals surface area contributed by atoms with Crippen LogP contribution >= 0.6 is 0 Å². The molecule has 0 amide bonds. The number of hydrogen-bond acceptors (Lipinski definition) is 1. The van der Waals surface area contributed by atoms with Crippen LogP contribution in [0, 0.1) is 12.7 Å². The molecule has 110 valence electrons. The zero-order valence-corrected chi connectivity index (χ0v) is 12.7. The zero-order valence-electron chi connectivity index (χ0n) is 12.7. The van der Waals surface area contributed by atoms with Gasteiger partial charge >= 0.3 is 0 Å². The average Bonchev–Trinajstić information content (AvgIpc) is 2.51. The molecule has 1 nitrogen and oxygen atoms in total. The molecule has 2 aromatic rings. The van der Waals surface area contributed by atoms with Crippen LogP contribution < -0.4 is 5.32 Å². The summed E-state index contributed by atoms with van der Waals surface area (Å²) in [6.07, 6.45) is 4.94. The Bertz CT molecular complexity index is 648. The maximum atomic E-state index is 13.6. The summed E-state index contributed by atoms with van der Waals surface area (Å²) >= 11 is 0. The van der Waals surface area contributed by atoms with E-state index in [4.69, 9.17) is 0 Å². The van der Waals surface area contributed by atoms with Gasteiger partial charge in [0.15, 0.2) is 0 Å². The molecule has 0 radical (unpaired) electrons. The van der Waals surface area contributed by atoms with Crippen molar-refractivity contribution in [1.29, 1.82) is 0 Å². The molecule has 0 aliphatic heterocycles. The second-order valence-corrected chi connectivity index (χ2v) is 5.96. The molecule has 0 saturated carbocycles. The highest BCUT2D eigenvalue weighted by atomic mass is 19.1. The fourth-order valence-corrected chi connectivity index (χ4v) is 3.36. The molecule has 0 aromatic heterocycles. The monoisotopic (exact) mass is 283 g/mol. The lowest BCUT2D eigenvalue weighted by Gasteiger charge is -2.23. The van der Waals surface area contributed by atoms with Gasteiger partial charge in [-0.05, 0) is 79.6 Å². The second kappa shape index (κ2) is 5.98. The van der Waals surface area contributed by atoms with Gasteiger partial charge in [0.1, 0.15) is 5.82 Å². The molecule has 1 unspecified atom stereocenters. The largest absolute Gasteiger partial charge is 0.309 e. The van der Waals surface area contributed by atoms with Crippen LogP contribution in [-0.4, -0.2) is 7.05 Å². The van der Waals surface area contributed by atoms with Crippen LogP contribution in [0.25, 0.3) is 0 Å². The highest BCUT2D eigenvalue weighted by molar-refractivity contribution is 5.41. The third kappa shape index (κ3) is 2.86. The first-order valence-electron chi connectivity index (χ1n) is 7.74. The number of halogens is 1. The number of rotatable bonds is 3. The van der Waals surface area contributed by atoms with E-state index < -0.39 is 0 Å². The normalized spacial score (nSPS) is 15.6. The van der Waals surface area contributed by atoms with E-state index in [1.54, 1.807) is 6.07 Å². The van der Waals surface area contributed by atoms with Crippen LogP contribution in [0.4, 0.5) is 4.39 Å². The summed E-state index contributed by atoms with van der Waals surface area (Å²) in [6, 6.07) is 11.8. The summed E-state index contributed by atoms with van der Waals surface area (Å²) in [5.74, 6) is -0.172. The maximum absolute atomic E-state index is 13.6. The van der Waals surface area contributed by atoms with Gasteiger partial charge in [0.2, 0.25) is 0 Å². The van der Waals surface area contributed by atoms with E-state index in [0.29, 0.717) is 0 Å². The molecule has 2 aromatic carbocycles. The predicted molar refractivity (Wildman–Crippen MR) is 85.1 cm³/mol. The minimum atomic E-state index is -0.172. The molecule has 2 heteroatoms. The third-order valence-electron chi connectivity index (χ3n) is 4.55. The summed E-state index contributed by atoms with van der Waals surface area (Å²) in [5, 5.41) is 3.34. The van der Waals surface area contributed by atoms with Crippen LogP contribution in [0.2, 0.25) is 0 Å². The lowest BCUT2D eigenvalue weighted by Crippen LogP contribution is -2.19. The molecule has 21 heavy (non-hydrogen) atoms. The quantitative estimate of drug-likeness (QED) is 0.884. The maximum Gasteiger partial charge on any atom is 0.123 e. The van der Waals surface area contributed by atoms with Crippen LogP contribution in [0.15, 0.2) is 36.4 Å². The molecule has 1 N–H and O–H groups in total. The number of fused-ring (bicyclic) bond motifs is 1. The molecule has 1 atom stereocenters. The summed E-state index contributed by atoms with van der Waals surface area (Å²) in [6.45, 7) is 2.04. The molecule has 0 saturated heterocycles. The molecule has 3 rings (SSSR count). The smallest absolute Gasteiger partial charge is 0.123 e. The summed E-state index contributed by atoms with van der Waals surface area (Å²) in [4.78, 5) is 0. The van der Waals surface area contributed by atoms with E-state index in [9.17, 15) is 4.39 Å². The van der Waals surface area contributed by atoms with E-state index in [1.807, 2.05) is 20.0 Å². The Kier molecular flexibility index (Phi) is 4.07. The fraction of sp³-hybridized carbons (Fsp3) is 0.368. The minimum Gasteiger partial charge on any atom is -0.309 e. The van der Waals surface area contributed by atoms with E-state index in [-0.39, 0.29) is 11.9 Å². The summed E-state index contributed by atoms with van der Waals surface area (Å²) < 4.78 is 13.6. The van der Waals surface area contributed by atoms with Gasteiger partial charge in [-0.3, -0.25) is 0 Å². The van der Waals surface area contributed by atoms with Gasteiger partial charge in [-0.1, -0.05) is 24.3 Å². The van der Waals surface area contributed by atoms with Crippen molar-refractivity contribution in [1.82, 2.24) is 5.32 Å². The van der Waals surface area contributed by atoms with E-state index >= 15 is 0 Å². The topological polar surface area (TPSA) is 12.0 Å². The fourth-order valence-electron chi connectivity index (χ4n) is 3.36. The number of nitrogens with one attached hydrogen (secondary N) is 1. The van der Waals surface area contributed by atoms with Crippen LogP contribution in [0.3, 0.4) is 0 Å². The van der Waals surface area contributed by atoms with E-state index in [1.165, 1.54) is 48.4 Å². The highest BCUT2D eigenvalue weighted by Crippen LogP contribution is 2.29. The standard InChI is InChI=1S/C19H22FN/c1-13-7-10-17(20)12-18(13)19(21-2)16-9-8-14-5-3-4-6-15(14)11-16/h7-12,19,21H,3-6H2,1-2H3. The van der Waals surface area contributed by atoms with Crippen molar-refractivity contribution in [3.05, 3.63) is 70.0 Å². The van der Waals surface area contributed by atoms with Gasteiger partial charge in [-0.25, -0.2) is 4.39 Å². The molecular formula is C19H22FN. The minimum absolute atomic E-state index is 0.0490. The molecule has 0 heterocycles. The predicted octanol–water partition coefficient (Wildman–Crippen LogP) is 4.32. The Morgan fingerprint density at radius 1 is 1.00 bits per heavy atom. The first-order chi connectivity index (χ1) is 10.2. The van der Waals surface area contributed by atoms with Gasteiger partial charge in [-0.2, -0.15) is 0 Å². The number of aryl methyl sites for hydroxylation is 3. The van der Waals surface area contributed by atoms with Gasteiger partial charge in [-0.15, -0.1) is 0 Å². The van der Waals surface area contributed by atoms with Crippen molar-refractivity contribution in [3.63, 3.8) is 0 Å². The van der Waals surface area contributed by atoms with Crippen molar-refractivity contribution in [2.24, 2.45) is 0 Å². The first-order valence-corrected chi connectivity index (χ1v) is 7.74. The van der Waals surface area contributed by atoms with Gasteiger partial charge in [0.25, 0.3) is 0 Å². The van der Waals surface area contributed by atoms with Crippen molar-refractivity contribution in [2.45, 2.75) is 38.6 Å². The third-order valence-corrected chi connectivity index (χ3v) is 4.55. The Balaban J connectivity index is 2.01.